The van der Waals surface area contributed by atoms with Gasteiger partial charge in [-0.2, -0.15) is 0 Å². The van der Waals surface area contributed by atoms with Crippen molar-refractivity contribution >= 4 is 75.1 Å². The average molecular weight is 746 g/mol. The zero-order valence-electron chi connectivity index (χ0n) is 30.5. The molecule has 12 rings (SSSR count). The second-order valence-corrected chi connectivity index (χ2v) is 15.5. The molecular weight excluding hydrogens is 715 g/mol. The third kappa shape index (κ3) is 5.04. The van der Waals surface area contributed by atoms with Crippen molar-refractivity contribution in [1.29, 1.82) is 0 Å². The Balaban J connectivity index is 1.08. The summed E-state index contributed by atoms with van der Waals surface area (Å²) >= 11 is 1.85. The van der Waals surface area contributed by atoms with Gasteiger partial charge in [0.1, 0.15) is 0 Å². The molecule has 4 aromatic heterocycles. The molecule has 0 amide bonds. The molecule has 0 saturated carbocycles. The second kappa shape index (κ2) is 12.6. The highest BCUT2D eigenvalue weighted by atomic mass is 32.1. The Morgan fingerprint density at radius 2 is 0.807 bits per heavy atom. The highest BCUT2D eigenvalue weighted by Gasteiger charge is 2.19. The van der Waals surface area contributed by atoms with E-state index in [1.54, 1.807) is 0 Å². The summed E-state index contributed by atoms with van der Waals surface area (Å²) in [6, 6.07) is 66.7. The van der Waals surface area contributed by atoms with E-state index in [4.69, 9.17) is 15.0 Å². The molecule has 12 aromatic rings. The van der Waals surface area contributed by atoms with E-state index >= 15 is 0 Å². The minimum atomic E-state index is 0.638. The molecule has 0 unspecified atom stereocenters. The predicted molar refractivity (Wildman–Crippen MR) is 238 cm³/mol. The topological polar surface area (TPSA) is 48.5 Å². The number of benzene rings is 8. The van der Waals surface area contributed by atoms with Gasteiger partial charge in [-0.15, -0.1) is 11.3 Å². The molecule has 0 aliphatic heterocycles. The summed E-state index contributed by atoms with van der Waals surface area (Å²) in [6.07, 6.45) is 0. The van der Waals surface area contributed by atoms with E-state index in [-0.39, 0.29) is 0 Å². The lowest BCUT2D eigenvalue weighted by Gasteiger charge is -2.10. The van der Waals surface area contributed by atoms with Crippen molar-refractivity contribution in [3.8, 4) is 45.5 Å². The van der Waals surface area contributed by atoms with Gasteiger partial charge in [0.15, 0.2) is 17.5 Å². The van der Waals surface area contributed by atoms with E-state index in [2.05, 4.69) is 137 Å². The van der Waals surface area contributed by atoms with Crippen LogP contribution in [-0.4, -0.2) is 24.1 Å². The maximum atomic E-state index is 5.07. The van der Waals surface area contributed by atoms with Gasteiger partial charge in [0.25, 0.3) is 0 Å². The maximum Gasteiger partial charge on any atom is 0.164 e. The minimum Gasteiger partial charge on any atom is -0.309 e. The van der Waals surface area contributed by atoms with E-state index in [9.17, 15) is 0 Å². The lowest BCUT2D eigenvalue weighted by atomic mass is 10.1. The Morgan fingerprint density at radius 1 is 0.298 bits per heavy atom. The highest BCUT2D eigenvalue weighted by Crippen LogP contribution is 2.43. The molecule has 0 aliphatic carbocycles. The monoisotopic (exact) mass is 745 g/mol. The van der Waals surface area contributed by atoms with Crippen LogP contribution >= 0.6 is 11.3 Å². The molecule has 4 heterocycles. The summed E-state index contributed by atoms with van der Waals surface area (Å²) < 4.78 is 7.33. The number of hydrogen-bond donors (Lipinski definition) is 0. The third-order valence-electron chi connectivity index (χ3n) is 11.2. The number of fused-ring (bicyclic) bond motifs is 9. The first-order valence-corrected chi connectivity index (χ1v) is 19.9. The van der Waals surface area contributed by atoms with Crippen molar-refractivity contribution < 1.29 is 0 Å². The Morgan fingerprint density at radius 3 is 1.46 bits per heavy atom. The average Bonchev–Trinajstić information content (AvgIpc) is 3.92. The van der Waals surface area contributed by atoms with E-state index in [1.807, 2.05) is 72.0 Å². The van der Waals surface area contributed by atoms with Gasteiger partial charge in [-0.05, 0) is 60.7 Å². The summed E-state index contributed by atoms with van der Waals surface area (Å²) in [7, 11) is 0. The van der Waals surface area contributed by atoms with Crippen LogP contribution in [0.15, 0.2) is 188 Å². The van der Waals surface area contributed by atoms with Crippen LogP contribution < -0.4 is 0 Å². The lowest BCUT2D eigenvalue weighted by Crippen LogP contribution is -2.00. The molecule has 0 fully saturated rings. The molecule has 0 radical (unpaired) electrons. The molecule has 0 bridgehead atoms. The van der Waals surface area contributed by atoms with Crippen LogP contribution in [0, 0.1) is 0 Å². The SMILES string of the molecule is c1ccc(-c2nc(-c3ccccc3)nc(-c3ccc4c5cc6c(cc5n(-c5ccccc5)c4c3)sc3ccc(-n4c5ccccc5c5ccccc54)cc36)n2)cc1. The molecule has 8 aromatic carbocycles. The normalized spacial score (nSPS) is 11.9. The Kier molecular flexibility index (Phi) is 7.03. The van der Waals surface area contributed by atoms with Gasteiger partial charge in [0.2, 0.25) is 0 Å². The minimum absolute atomic E-state index is 0.638. The van der Waals surface area contributed by atoms with Gasteiger partial charge in [0.05, 0.1) is 22.1 Å². The molecule has 0 spiro atoms. The molecule has 57 heavy (non-hydrogen) atoms. The summed E-state index contributed by atoms with van der Waals surface area (Å²) in [6.45, 7) is 0. The van der Waals surface area contributed by atoms with Gasteiger partial charge in [-0.3, -0.25) is 0 Å². The fourth-order valence-corrected chi connectivity index (χ4v) is 9.65. The van der Waals surface area contributed by atoms with Crippen LogP contribution in [0.2, 0.25) is 0 Å². The van der Waals surface area contributed by atoms with Crippen molar-refractivity contribution in [2.75, 3.05) is 0 Å². The molecule has 0 saturated heterocycles. The van der Waals surface area contributed by atoms with Crippen molar-refractivity contribution in [2.45, 2.75) is 0 Å². The van der Waals surface area contributed by atoms with Crippen molar-refractivity contribution in [3.05, 3.63) is 188 Å². The lowest BCUT2D eigenvalue weighted by molar-refractivity contribution is 1.07. The Labute approximate surface area is 331 Å². The molecule has 0 aliphatic rings. The van der Waals surface area contributed by atoms with Crippen molar-refractivity contribution in [1.82, 2.24) is 24.1 Å². The van der Waals surface area contributed by atoms with Crippen molar-refractivity contribution in [2.24, 2.45) is 0 Å². The molecule has 6 heteroatoms. The van der Waals surface area contributed by atoms with E-state index < -0.39 is 0 Å². The summed E-state index contributed by atoms with van der Waals surface area (Å²) in [5, 5.41) is 7.45. The number of thiophene rings is 1. The number of para-hydroxylation sites is 3. The third-order valence-corrected chi connectivity index (χ3v) is 12.3. The molecule has 5 nitrogen and oxygen atoms in total. The fourth-order valence-electron chi connectivity index (χ4n) is 8.55. The highest BCUT2D eigenvalue weighted by molar-refractivity contribution is 7.25. The van der Waals surface area contributed by atoms with Crippen LogP contribution in [0.25, 0.3) is 109 Å². The van der Waals surface area contributed by atoms with Crippen LogP contribution in [0.1, 0.15) is 0 Å². The zero-order valence-corrected chi connectivity index (χ0v) is 31.4. The van der Waals surface area contributed by atoms with Crippen LogP contribution in [0.5, 0.6) is 0 Å². The molecule has 0 atom stereocenters. The first-order valence-electron chi connectivity index (χ1n) is 19.1. The van der Waals surface area contributed by atoms with E-state index in [0.717, 1.165) is 33.6 Å². The fraction of sp³-hybridized carbons (Fsp3) is 0. The van der Waals surface area contributed by atoms with E-state index in [0.29, 0.717) is 17.5 Å². The smallest absolute Gasteiger partial charge is 0.164 e. The van der Waals surface area contributed by atoms with Crippen LogP contribution in [0.4, 0.5) is 0 Å². The van der Waals surface area contributed by atoms with Crippen molar-refractivity contribution in [3.63, 3.8) is 0 Å². The maximum absolute atomic E-state index is 5.07. The molecule has 0 N–H and O–H groups in total. The first-order chi connectivity index (χ1) is 28.2. The van der Waals surface area contributed by atoms with E-state index in [1.165, 1.54) is 58.3 Å². The van der Waals surface area contributed by atoms with Gasteiger partial charge in [0, 0.05) is 69.8 Å². The largest absolute Gasteiger partial charge is 0.309 e. The molecular formula is C51H31N5S. The quantitative estimate of drug-likeness (QED) is 0.176. The molecule has 266 valence electrons. The van der Waals surface area contributed by atoms with Crippen LogP contribution in [0.3, 0.4) is 0 Å². The Bertz CT molecular complexity index is 3400. The van der Waals surface area contributed by atoms with Gasteiger partial charge >= 0.3 is 0 Å². The predicted octanol–water partition coefficient (Wildman–Crippen LogP) is 13.4. The second-order valence-electron chi connectivity index (χ2n) is 14.5. The Hall–Kier alpha value is -7.41. The first kappa shape index (κ1) is 31.9. The van der Waals surface area contributed by atoms with Gasteiger partial charge in [-0.25, -0.2) is 15.0 Å². The summed E-state index contributed by atoms with van der Waals surface area (Å²) in [5.74, 6) is 1.94. The van der Waals surface area contributed by atoms with Gasteiger partial charge in [-0.1, -0.05) is 127 Å². The van der Waals surface area contributed by atoms with Gasteiger partial charge < -0.3 is 9.13 Å². The number of aromatic nitrogens is 5. The zero-order chi connectivity index (χ0) is 37.5. The summed E-state index contributed by atoms with van der Waals surface area (Å²) in [5.41, 5.74) is 9.80. The van der Waals surface area contributed by atoms with Crippen LogP contribution in [-0.2, 0) is 0 Å². The number of rotatable bonds is 5. The number of nitrogens with zero attached hydrogens (tertiary/aromatic N) is 5. The summed E-state index contributed by atoms with van der Waals surface area (Å²) in [4.78, 5) is 15.1. The standard InChI is InChI=1S/C51H31N5S/c1-4-14-32(15-5-1)49-52-50(33-16-6-2-7-17-33)54-51(53-49)34-24-26-39-40-30-42-41-29-36(56-43-22-12-10-20-37(43)38-21-11-13-23-44(38)56)25-27-47(41)57-48(42)31-46(40)55(45(39)28-34)35-18-8-3-9-19-35/h1-31H. The number of hydrogen-bond acceptors (Lipinski definition) is 4.